The number of hydrogen-bond acceptors (Lipinski definition) is 4. The molecule has 21 rings (SSSR count). The van der Waals surface area contributed by atoms with Gasteiger partial charge >= 0.3 is 0 Å². The van der Waals surface area contributed by atoms with Gasteiger partial charge in [-0.05, 0) is 329 Å². The van der Waals surface area contributed by atoms with Crippen molar-refractivity contribution in [1.82, 2.24) is 4.57 Å². The fourth-order valence-electron chi connectivity index (χ4n) is 20.4. The number of hydrogen-bond donors (Lipinski definition) is 0. The first-order valence-corrected chi connectivity index (χ1v) is 39.9. The first-order chi connectivity index (χ1) is 55.2. The molecule has 4 aliphatic heterocycles. The Labute approximate surface area is 663 Å². The second-order valence-electron chi connectivity index (χ2n) is 32.0. The second kappa shape index (κ2) is 26.2. The molecule has 0 saturated heterocycles. The molecule has 0 unspecified atom stereocenters. The van der Waals surface area contributed by atoms with Crippen LogP contribution in [0.5, 0.6) is 0 Å². The van der Waals surface area contributed by atoms with Crippen LogP contribution in [0.1, 0.15) is 55.6 Å². The van der Waals surface area contributed by atoms with E-state index in [0.717, 1.165) is 73.6 Å². The Kier molecular flexibility index (Phi) is 15.7. The molecule has 4 aliphatic rings. The minimum absolute atomic E-state index is 0.211. The molecule has 0 atom stereocenters. The van der Waals surface area contributed by atoms with Crippen LogP contribution in [-0.2, 0) is 0 Å². The number of anilines is 12. The van der Waals surface area contributed by atoms with Crippen LogP contribution in [0.2, 0.25) is 0 Å². The predicted molar refractivity (Wildman–Crippen MR) is 483 cm³/mol. The van der Waals surface area contributed by atoms with Gasteiger partial charge in [-0.1, -0.05) is 206 Å². The molecule has 1 aromatic heterocycles. The normalized spacial score (nSPS) is 12.9. The Morgan fingerprint density at radius 2 is 0.496 bits per heavy atom. The lowest BCUT2D eigenvalue weighted by atomic mass is 9.30. The van der Waals surface area contributed by atoms with E-state index < -0.39 is 0 Å². The van der Waals surface area contributed by atoms with E-state index in [4.69, 9.17) is 0 Å². The third-order valence-corrected chi connectivity index (χ3v) is 25.2. The summed E-state index contributed by atoms with van der Waals surface area (Å²) in [5.74, 6) is 0. The SMILES string of the molecule is Cc1cccc(C)c1-c1ccc(N2c3ccc(-c4c(C)cccc4C)cc3B3c4cc5c(cc4N(c4ccccc4)c4cc(-c6c(C)cccc6C)cc2c43)N(c2ccccc2)c2cc(-n3c4ccc(-c6c(C)cccc6C)cc4c4cc(-c6c(C)cccc6C)ccc43)cc3c2B5c2ccccc2N3c2ccccc2)cc1. The number of para-hydroxylation sites is 4. The lowest BCUT2D eigenvalue weighted by Crippen LogP contribution is -2.65. The van der Waals surface area contributed by atoms with E-state index in [2.05, 4.69) is 415 Å². The van der Waals surface area contributed by atoms with Crippen molar-refractivity contribution in [2.45, 2.75) is 69.2 Å². The summed E-state index contributed by atoms with van der Waals surface area (Å²) in [4.78, 5) is 10.4. The summed E-state index contributed by atoms with van der Waals surface area (Å²) in [6, 6.07) is 123. The van der Waals surface area contributed by atoms with E-state index in [0.29, 0.717) is 0 Å². The molecule has 0 aliphatic carbocycles. The van der Waals surface area contributed by atoms with Gasteiger partial charge in [0, 0.05) is 79.0 Å². The van der Waals surface area contributed by atoms with E-state index >= 15 is 0 Å². The zero-order valence-corrected chi connectivity index (χ0v) is 65.5. The lowest BCUT2D eigenvalue weighted by molar-refractivity contribution is 1.16. The number of aromatic nitrogens is 1. The number of nitrogens with zero attached hydrogens (tertiary/aromatic N) is 5. The van der Waals surface area contributed by atoms with Gasteiger partial charge in [0.15, 0.2) is 0 Å². The predicted octanol–water partition coefficient (Wildman–Crippen LogP) is 24.4. The van der Waals surface area contributed by atoms with Crippen LogP contribution in [-0.4, -0.2) is 18.0 Å². The molecule has 5 heterocycles. The van der Waals surface area contributed by atoms with Crippen LogP contribution in [0.25, 0.3) is 83.1 Å². The number of aryl methyl sites for hydroxylation is 10. The lowest BCUT2D eigenvalue weighted by Gasteiger charge is -2.47. The molecule has 17 aromatic rings. The van der Waals surface area contributed by atoms with Crippen molar-refractivity contribution >= 4 is 136 Å². The maximum Gasteiger partial charge on any atom is 0.252 e. The highest BCUT2D eigenvalue weighted by atomic mass is 15.2. The molecule has 0 amide bonds. The van der Waals surface area contributed by atoms with Crippen molar-refractivity contribution in [3.05, 3.63) is 377 Å². The number of rotatable bonds is 10. The fraction of sp³-hybridized carbons (Fsp3) is 0.0943. The molecule has 5 nitrogen and oxygen atoms in total. The summed E-state index contributed by atoms with van der Waals surface area (Å²) in [6.45, 7) is 22.1. The van der Waals surface area contributed by atoms with Gasteiger partial charge in [-0.3, -0.25) is 0 Å². The molecule has 0 spiro atoms. The molecular weight excluding hydrogens is 1360 g/mol. The van der Waals surface area contributed by atoms with Gasteiger partial charge in [0.05, 0.1) is 16.7 Å². The standard InChI is InChI=1S/C106H83B2N5/c1-64-27-22-28-65(2)100(64)74-45-50-82(51-46-74)110-93-54-49-77(103-70(7)33-25-34-71(103)8)57-87(93)108-89-62-88-94(63-95(89)111(80-39-16-12-17-40-80)97-59-78(58-96(110)105(97)108)104-72(9)35-26-36-73(104)10)112(81-41-18-13-19-42-81)99-61-83(60-98-106(99)107(88)86-43-20-21-44-92(86)109(98)79-37-14-11-15-38-79)113-90-52-47-75(101-66(3)29-23-30-67(101)4)55-84(90)85-56-76(48-53-91(85)113)102-68(5)31-24-32-69(102)6/h11-63H,1-10H3. The van der Waals surface area contributed by atoms with E-state index in [1.807, 2.05) is 0 Å². The zero-order chi connectivity index (χ0) is 76.3. The number of fused-ring (bicyclic) bond motifs is 11. The van der Waals surface area contributed by atoms with Gasteiger partial charge in [-0.2, -0.15) is 0 Å². The Morgan fingerprint density at radius 1 is 0.186 bits per heavy atom. The van der Waals surface area contributed by atoms with E-state index in [1.165, 1.54) is 166 Å². The maximum absolute atomic E-state index is 2.69. The van der Waals surface area contributed by atoms with Crippen LogP contribution in [0.4, 0.5) is 68.2 Å². The largest absolute Gasteiger partial charge is 0.311 e. The van der Waals surface area contributed by atoms with Crippen LogP contribution in [0.15, 0.2) is 322 Å². The second-order valence-corrected chi connectivity index (χ2v) is 32.0. The topological polar surface area (TPSA) is 17.9 Å². The minimum atomic E-state index is -0.231. The van der Waals surface area contributed by atoms with Gasteiger partial charge < -0.3 is 24.2 Å². The van der Waals surface area contributed by atoms with E-state index in [9.17, 15) is 0 Å². The molecule has 0 fully saturated rings. The van der Waals surface area contributed by atoms with Crippen LogP contribution < -0.4 is 52.4 Å². The molecule has 0 N–H and O–H groups in total. The first-order valence-electron chi connectivity index (χ1n) is 39.9. The highest BCUT2D eigenvalue weighted by Crippen LogP contribution is 2.53. The fourth-order valence-corrected chi connectivity index (χ4v) is 20.4. The Bertz CT molecular complexity index is 6620. The minimum Gasteiger partial charge on any atom is -0.311 e. The Balaban J connectivity index is 0.873. The van der Waals surface area contributed by atoms with Gasteiger partial charge in [0.1, 0.15) is 0 Å². The first kappa shape index (κ1) is 67.7. The summed E-state index contributed by atoms with van der Waals surface area (Å²) in [7, 11) is 0. The summed E-state index contributed by atoms with van der Waals surface area (Å²) in [5, 5.41) is 2.42. The van der Waals surface area contributed by atoms with Gasteiger partial charge in [0.2, 0.25) is 0 Å². The van der Waals surface area contributed by atoms with Crippen molar-refractivity contribution in [2.75, 3.05) is 19.6 Å². The van der Waals surface area contributed by atoms with Crippen molar-refractivity contribution in [3.8, 4) is 61.3 Å². The van der Waals surface area contributed by atoms with Gasteiger partial charge in [0.25, 0.3) is 13.4 Å². The Morgan fingerprint density at radius 3 is 0.920 bits per heavy atom. The molecular formula is C106H83B2N5. The molecule has 0 saturated carbocycles. The van der Waals surface area contributed by atoms with Crippen molar-refractivity contribution < 1.29 is 0 Å². The molecule has 16 aromatic carbocycles. The van der Waals surface area contributed by atoms with Crippen molar-refractivity contribution in [3.63, 3.8) is 0 Å². The van der Waals surface area contributed by atoms with E-state index in [1.54, 1.807) is 0 Å². The maximum atomic E-state index is 2.69. The highest BCUT2D eigenvalue weighted by Gasteiger charge is 2.49. The van der Waals surface area contributed by atoms with Crippen LogP contribution in [0, 0.1) is 69.2 Å². The summed E-state index contributed by atoms with van der Waals surface area (Å²) < 4.78 is 2.57. The molecule has 113 heavy (non-hydrogen) atoms. The summed E-state index contributed by atoms with van der Waals surface area (Å²) in [5.41, 5.74) is 49.6. The van der Waals surface area contributed by atoms with Gasteiger partial charge in [-0.25, -0.2) is 0 Å². The van der Waals surface area contributed by atoms with E-state index in [-0.39, 0.29) is 13.4 Å². The third kappa shape index (κ3) is 10.5. The molecule has 7 heteroatoms. The molecule has 0 radical (unpaired) electrons. The molecule has 0 bridgehead atoms. The van der Waals surface area contributed by atoms with Gasteiger partial charge in [-0.15, -0.1) is 0 Å². The van der Waals surface area contributed by atoms with Crippen molar-refractivity contribution in [1.29, 1.82) is 0 Å². The average Bonchev–Trinajstić information content (AvgIpc) is 1.02. The smallest absolute Gasteiger partial charge is 0.252 e. The highest BCUT2D eigenvalue weighted by molar-refractivity contribution is 7.03. The van der Waals surface area contributed by atoms with Crippen LogP contribution in [0.3, 0.4) is 0 Å². The quantitative estimate of drug-likeness (QED) is 0.127. The zero-order valence-electron chi connectivity index (χ0n) is 65.5. The third-order valence-electron chi connectivity index (χ3n) is 25.2. The average molecular weight is 1450 g/mol. The summed E-state index contributed by atoms with van der Waals surface area (Å²) >= 11 is 0. The monoisotopic (exact) mass is 1450 g/mol. The van der Waals surface area contributed by atoms with Crippen molar-refractivity contribution in [2.24, 2.45) is 0 Å². The molecule has 538 valence electrons. The Hall–Kier alpha value is -13.4. The summed E-state index contributed by atoms with van der Waals surface area (Å²) in [6.07, 6.45) is 0. The van der Waals surface area contributed by atoms with Crippen LogP contribution >= 0.6 is 0 Å². The number of benzene rings is 16.